The second kappa shape index (κ2) is 8.03. The van der Waals surface area contributed by atoms with Gasteiger partial charge in [-0.1, -0.05) is 74.0 Å². The fourth-order valence-corrected chi connectivity index (χ4v) is 3.94. The molecule has 132 valence electrons. The molecule has 0 atom stereocenters. The summed E-state index contributed by atoms with van der Waals surface area (Å²) in [6.45, 7) is 0. The van der Waals surface area contributed by atoms with E-state index in [1.807, 2.05) is 24.3 Å². The predicted molar refractivity (Wildman–Crippen MR) is 107 cm³/mol. The van der Waals surface area contributed by atoms with Gasteiger partial charge in [0.1, 0.15) is 0 Å². The minimum absolute atomic E-state index is 0.0166. The van der Waals surface area contributed by atoms with Crippen molar-refractivity contribution in [1.82, 2.24) is 0 Å². The summed E-state index contributed by atoms with van der Waals surface area (Å²) < 4.78 is 31.5. The SMILES string of the molecule is O=C(c1ccccc1)C(F)(F)c1cc(Br)ccc1Sc1ccc(Br)cc1. The van der Waals surface area contributed by atoms with Crippen molar-refractivity contribution in [2.45, 2.75) is 15.7 Å². The van der Waals surface area contributed by atoms with Gasteiger partial charge in [-0.2, -0.15) is 8.78 Å². The van der Waals surface area contributed by atoms with Gasteiger partial charge in [-0.05, 0) is 42.5 Å². The van der Waals surface area contributed by atoms with Gasteiger partial charge in [0.2, 0.25) is 5.78 Å². The number of Topliss-reactive ketones (excluding diaryl/α,β-unsaturated/α-hetero) is 1. The molecule has 0 aliphatic carbocycles. The Bertz CT molecular complexity index is 928. The minimum Gasteiger partial charge on any atom is -0.287 e. The van der Waals surface area contributed by atoms with Crippen LogP contribution in [-0.2, 0) is 5.92 Å². The lowest BCUT2D eigenvalue weighted by Gasteiger charge is -2.19. The van der Waals surface area contributed by atoms with Crippen LogP contribution in [0.1, 0.15) is 15.9 Å². The van der Waals surface area contributed by atoms with Crippen LogP contribution in [0, 0.1) is 0 Å². The first-order valence-electron chi connectivity index (χ1n) is 7.59. The molecule has 1 nitrogen and oxygen atoms in total. The van der Waals surface area contributed by atoms with Gasteiger partial charge in [0, 0.05) is 29.9 Å². The predicted octanol–water partition coefficient (Wildman–Crippen LogP) is 7.34. The molecule has 0 unspecified atom stereocenters. The third-order valence-electron chi connectivity index (χ3n) is 3.64. The number of ketones is 1. The van der Waals surface area contributed by atoms with E-state index in [4.69, 9.17) is 0 Å². The van der Waals surface area contributed by atoms with E-state index in [1.165, 1.54) is 30.0 Å². The second-order valence-electron chi connectivity index (χ2n) is 5.47. The van der Waals surface area contributed by atoms with Gasteiger partial charge in [-0.15, -0.1) is 0 Å². The molecule has 26 heavy (non-hydrogen) atoms. The summed E-state index contributed by atoms with van der Waals surface area (Å²) in [6.07, 6.45) is 0. The summed E-state index contributed by atoms with van der Waals surface area (Å²) in [5.41, 5.74) is -0.328. The third kappa shape index (κ3) is 4.24. The van der Waals surface area contributed by atoms with E-state index in [2.05, 4.69) is 31.9 Å². The maximum absolute atomic E-state index is 15.1. The van der Waals surface area contributed by atoms with E-state index in [0.29, 0.717) is 9.37 Å². The monoisotopic (exact) mass is 496 g/mol. The van der Waals surface area contributed by atoms with E-state index >= 15 is 8.78 Å². The first kappa shape index (κ1) is 19.3. The molecule has 0 aliphatic heterocycles. The fourth-order valence-electron chi connectivity index (χ4n) is 2.36. The van der Waals surface area contributed by atoms with Crippen LogP contribution in [0.2, 0.25) is 0 Å². The number of alkyl halides is 2. The number of halogens is 4. The molecular weight excluding hydrogens is 486 g/mol. The van der Waals surface area contributed by atoms with Crippen LogP contribution in [0.15, 0.2) is 91.5 Å². The van der Waals surface area contributed by atoms with Crippen LogP contribution >= 0.6 is 43.6 Å². The average molecular weight is 498 g/mol. The summed E-state index contributed by atoms with van der Waals surface area (Å²) in [7, 11) is 0. The van der Waals surface area contributed by atoms with E-state index in [1.54, 1.807) is 30.3 Å². The van der Waals surface area contributed by atoms with Crippen molar-refractivity contribution in [2.24, 2.45) is 0 Å². The highest BCUT2D eigenvalue weighted by atomic mass is 79.9. The van der Waals surface area contributed by atoms with Gasteiger partial charge >= 0.3 is 5.92 Å². The third-order valence-corrected chi connectivity index (χ3v) is 5.75. The quantitative estimate of drug-likeness (QED) is 0.343. The molecule has 0 saturated heterocycles. The van der Waals surface area contributed by atoms with Crippen LogP contribution in [0.4, 0.5) is 8.78 Å². The number of hydrogen-bond acceptors (Lipinski definition) is 2. The number of carbonyl (C=O) groups is 1. The Balaban J connectivity index is 2.01. The molecule has 6 heteroatoms. The Hall–Kier alpha value is -1.50. The zero-order valence-electron chi connectivity index (χ0n) is 13.3. The zero-order valence-corrected chi connectivity index (χ0v) is 17.2. The van der Waals surface area contributed by atoms with Crippen molar-refractivity contribution in [3.05, 3.63) is 92.9 Å². The van der Waals surface area contributed by atoms with Crippen LogP contribution in [0.3, 0.4) is 0 Å². The second-order valence-corrected chi connectivity index (χ2v) is 8.41. The van der Waals surface area contributed by atoms with E-state index in [-0.39, 0.29) is 11.1 Å². The summed E-state index contributed by atoms with van der Waals surface area (Å²) >= 11 is 7.78. The highest BCUT2D eigenvalue weighted by molar-refractivity contribution is 9.10. The Kier molecular flexibility index (Phi) is 5.95. The number of hydrogen-bond donors (Lipinski definition) is 0. The molecular formula is C20H12Br2F2OS. The lowest BCUT2D eigenvalue weighted by atomic mass is 9.99. The lowest BCUT2D eigenvalue weighted by molar-refractivity contribution is 0.00574. The van der Waals surface area contributed by atoms with Crippen molar-refractivity contribution < 1.29 is 13.6 Å². The van der Waals surface area contributed by atoms with Crippen molar-refractivity contribution in [1.29, 1.82) is 0 Å². The van der Waals surface area contributed by atoms with E-state index in [0.717, 1.165) is 9.37 Å². The van der Waals surface area contributed by atoms with Crippen LogP contribution < -0.4 is 0 Å². The van der Waals surface area contributed by atoms with Crippen molar-refractivity contribution >= 4 is 49.4 Å². The van der Waals surface area contributed by atoms with Crippen molar-refractivity contribution in [3.63, 3.8) is 0 Å². The Morgan fingerprint density at radius 2 is 1.46 bits per heavy atom. The van der Waals surface area contributed by atoms with Gasteiger partial charge in [0.05, 0.1) is 0 Å². The summed E-state index contributed by atoms with van der Waals surface area (Å²) in [4.78, 5) is 13.6. The molecule has 0 aliphatic rings. The summed E-state index contributed by atoms with van der Waals surface area (Å²) in [6, 6.07) is 19.6. The smallest absolute Gasteiger partial charge is 0.287 e. The molecule has 0 bridgehead atoms. The van der Waals surface area contributed by atoms with Crippen molar-refractivity contribution in [2.75, 3.05) is 0 Å². The topological polar surface area (TPSA) is 17.1 Å². The first-order chi connectivity index (χ1) is 12.4. The summed E-state index contributed by atoms with van der Waals surface area (Å²) in [5.74, 6) is -4.85. The lowest BCUT2D eigenvalue weighted by Crippen LogP contribution is -2.26. The van der Waals surface area contributed by atoms with Crippen LogP contribution in [0.5, 0.6) is 0 Å². The molecule has 3 aromatic rings. The maximum atomic E-state index is 15.1. The molecule has 0 radical (unpaired) electrons. The molecule has 3 rings (SSSR count). The fraction of sp³-hybridized carbons (Fsp3) is 0.0500. The van der Waals surface area contributed by atoms with Gasteiger partial charge < -0.3 is 0 Å². The largest absolute Gasteiger partial charge is 0.336 e. The molecule has 0 aromatic heterocycles. The molecule has 0 N–H and O–H groups in total. The summed E-state index contributed by atoms with van der Waals surface area (Å²) in [5, 5.41) is 0. The number of rotatable bonds is 5. The highest BCUT2D eigenvalue weighted by Crippen LogP contribution is 2.41. The average Bonchev–Trinajstić information content (AvgIpc) is 2.65. The molecule has 0 fully saturated rings. The van der Waals surface area contributed by atoms with Gasteiger partial charge in [-0.3, -0.25) is 4.79 Å². The van der Waals surface area contributed by atoms with Crippen LogP contribution in [-0.4, -0.2) is 5.78 Å². The Labute approximate surface area is 171 Å². The minimum atomic E-state index is -3.64. The highest BCUT2D eigenvalue weighted by Gasteiger charge is 2.43. The Morgan fingerprint density at radius 1 is 0.846 bits per heavy atom. The zero-order chi connectivity index (χ0) is 18.7. The molecule has 0 amide bonds. The maximum Gasteiger partial charge on any atom is 0.336 e. The molecule has 0 saturated carbocycles. The Morgan fingerprint density at radius 3 is 2.12 bits per heavy atom. The first-order valence-corrected chi connectivity index (χ1v) is 9.99. The van der Waals surface area contributed by atoms with E-state index in [9.17, 15) is 4.79 Å². The number of carbonyl (C=O) groups excluding carboxylic acids is 1. The van der Waals surface area contributed by atoms with Gasteiger partial charge in [0.15, 0.2) is 0 Å². The number of benzene rings is 3. The molecule has 0 spiro atoms. The standard InChI is InChI=1S/C20H12Br2F2OS/c21-14-6-9-16(10-7-14)26-18-11-8-15(22)12-17(18)20(23,24)19(25)13-4-2-1-3-5-13/h1-12H. The van der Waals surface area contributed by atoms with Gasteiger partial charge in [0.25, 0.3) is 0 Å². The molecule has 3 aromatic carbocycles. The van der Waals surface area contributed by atoms with Crippen molar-refractivity contribution in [3.8, 4) is 0 Å². The van der Waals surface area contributed by atoms with Gasteiger partial charge in [-0.25, -0.2) is 0 Å². The molecule has 0 heterocycles. The normalized spacial score (nSPS) is 11.4. The van der Waals surface area contributed by atoms with E-state index < -0.39 is 11.7 Å². The van der Waals surface area contributed by atoms with Crippen LogP contribution in [0.25, 0.3) is 0 Å².